The molecular formula is C35H49F3N4O5. The number of likely N-dealkylation sites (tertiary alicyclic amines) is 1. The number of aromatic nitrogens is 1. The van der Waals surface area contributed by atoms with E-state index in [1.54, 1.807) is 43.7 Å². The zero-order valence-corrected chi connectivity index (χ0v) is 28.7. The topological polar surface area (TPSA) is 84.4 Å². The predicted molar refractivity (Wildman–Crippen MR) is 172 cm³/mol. The molecule has 9 nitrogen and oxygen atoms in total. The largest absolute Gasteiger partial charge is 0.485 e. The Kier molecular flexibility index (Phi) is 11.7. The number of carbonyl (C=O) groups excluding carboxylic acids is 2. The van der Waals surface area contributed by atoms with Crippen LogP contribution in [0.1, 0.15) is 84.3 Å². The van der Waals surface area contributed by atoms with Gasteiger partial charge >= 0.3 is 12.2 Å². The highest BCUT2D eigenvalue weighted by atomic mass is 19.1. The van der Waals surface area contributed by atoms with Crippen LogP contribution in [0.3, 0.4) is 0 Å². The third-order valence-electron chi connectivity index (χ3n) is 8.27. The van der Waals surface area contributed by atoms with Gasteiger partial charge in [-0.15, -0.1) is 0 Å². The van der Waals surface area contributed by atoms with E-state index in [1.807, 2.05) is 20.8 Å². The molecule has 260 valence electrons. The van der Waals surface area contributed by atoms with E-state index in [9.17, 15) is 18.4 Å². The van der Waals surface area contributed by atoms with Crippen LogP contribution in [0.2, 0.25) is 0 Å². The van der Waals surface area contributed by atoms with E-state index < -0.39 is 34.9 Å². The Hall–Kier alpha value is -3.54. The van der Waals surface area contributed by atoms with Gasteiger partial charge in [0, 0.05) is 55.5 Å². The summed E-state index contributed by atoms with van der Waals surface area (Å²) in [7, 11) is 1.74. The molecule has 0 radical (unpaired) electrons. The van der Waals surface area contributed by atoms with Crippen LogP contribution >= 0.6 is 0 Å². The molecule has 2 amide bonds. The minimum Gasteiger partial charge on any atom is -0.485 e. The monoisotopic (exact) mass is 662 g/mol. The van der Waals surface area contributed by atoms with Crippen molar-refractivity contribution in [2.75, 3.05) is 39.8 Å². The van der Waals surface area contributed by atoms with Gasteiger partial charge in [-0.3, -0.25) is 0 Å². The van der Waals surface area contributed by atoms with E-state index in [1.165, 1.54) is 18.3 Å². The Balaban J connectivity index is 1.38. The Bertz CT molecular complexity index is 1390. The lowest BCUT2D eigenvalue weighted by atomic mass is 9.96. The standard InChI is InChI=1S/C35H49F3N4O5/c1-34(2,3)46-32(43)40(7)14-9-15-41-16-11-23(12-17-41)21-42(33(44)47-35(4,5)6)29-20-26(29)27-18-25(36)19-28(37)30(27)45-22-24-10-8-13-39-31(24)38/h8,10,13,18-19,23,26,29H,9,11-12,14-17,20-22H2,1-7H3/t26-,29+/m0/s1. The van der Waals surface area contributed by atoms with Gasteiger partial charge in [0.1, 0.15) is 23.6 Å². The molecule has 1 aliphatic carbocycles. The number of ether oxygens (including phenoxy) is 3. The van der Waals surface area contributed by atoms with E-state index in [0.717, 1.165) is 45.0 Å². The van der Waals surface area contributed by atoms with Crippen LogP contribution in [0.25, 0.3) is 0 Å². The van der Waals surface area contributed by atoms with Crippen LogP contribution in [-0.2, 0) is 16.1 Å². The van der Waals surface area contributed by atoms with Gasteiger partial charge in [0.15, 0.2) is 11.6 Å². The number of benzene rings is 1. The summed E-state index contributed by atoms with van der Waals surface area (Å²) < 4.78 is 60.6. The first-order valence-electron chi connectivity index (χ1n) is 16.4. The summed E-state index contributed by atoms with van der Waals surface area (Å²) in [6, 6.07) is 4.68. The zero-order chi connectivity index (χ0) is 34.5. The lowest BCUT2D eigenvalue weighted by Gasteiger charge is -2.36. The number of rotatable bonds is 11. The number of halogens is 3. The van der Waals surface area contributed by atoms with E-state index in [2.05, 4.69) is 9.88 Å². The maximum atomic E-state index is 15.0. The number of amides is 2. The van der Waals surface area contributed by atoms with Crippen molar-refractivity contribution in [3.05, 3.63) is 59.2 Å². The fourth-order valence-corrected chi connectivity index (χ4v) is 5.84. The highest BCUT2D eigenvalue weighted by Crippen LogP contribution is 2.49. The quantitative estimate of drug-likeness (QED) is 0.237. The van der Waals surface area contributed by atoms with Crippen molar-refractivity contribution in [2.24, 2.45) is 5.92 Å². The number of hydrogen-bond donors (Lipinski definition) is 0. The minimum absolute atomic E-state index is 0.145. The molecule has 0 unspecified atom stereocenters. The number of carbonyl (C=O) groups is 2. The lowest BCUT2D eigenvalue weighted by Crippen LogP contribution is -2.44. The first kappa shape index (κ1) is 36.3. The second kappa shape index (κ2) is 15.1. The van der Waals surface area contributed by atoms with Crippen LogP contribution in [0.15, 0.2) is 30.5 Å². The molecule has 1 aromatic carbocycles. The van der Waals surface area contributed by atoms with Crippen LogP contribution in [0, 0.1) is 23.5 Å². The molecule has 2 fully saturated rings. The Labute approximate surface area is 276 Å². The van der Waals surface area contributed by atoms with Gasteiger partial charge in [-0.25, -0.2) is 23.4 Å². The molecule has 1 saturated carbocycles. The fourth-order valence-electron chi connectivity index (χ4n) is 5.84. The minimum atomic E-state index is -0.886. The molecule has 1 aliphatic heterocycles. The van der Waals surface area contributed by atoms with Gasteiger partial charge < -0.3 is 28.9 Å². The van der Waals surface area contributed by atoms with E-state index >= 15 is 4.39 Å². The predicted octanol–water partition coefficient (Wildman–Crippen LogP) is 7.14. The average molecular weight is 663 g/mol. The summed E-state index contributed by atoms with van der Waals surface area (Å²) in [5.41, 5.74) is -0.809. The van der Waals surface area contributed by atoms with Crippen LogP contribution in [0.5, 0.6) is 5.75 Å². The highest BCUT2D eigenvalue weighted by Gasteiger charge is 2.48. The molecule has 12 heteroatoms. The zero-order valence-electron chi connectivity index (χ0n) is 28.7. The van der Waals surface area contributed by atoms with Crippen molar-refractivity contribution in [2.45, 2.75) is 97.0 Å². The van der Waals surface area contributed by atoms with Crippen molar-refractivity contribution in [1.29, 1.82) is 0 Å². The molecule has 2 atom stereocenters. The van der Waals surface area contributed by atoms with E-state index in [-0.39, 0.29) is 41.9 Å². The number of pyridine rings is 1. The molecule has 1 aromatic heterocycles. The Morgan fingerprint density at radius 2 is 1.66 bits per heavy atom. The molecule has 4 rings (SSSR count). The van der Waals surface area contributed by atoms with Gasteiger partial charge in [0.2, 0.25) is 5.95 Å². The first-order chi connectivity index (χ1) is 22.0. The van der Waals surface area contributed by atoms with E-state index in [0.29, 0.717) is 25.1 Å². The summed E-state index contributed by atoms with van der Waals surface area (Å²) in [6.07, 6.45) is 3.56. The molecule has 47 heavy (non-hydrogen) atoms. The number of nitrogens with zero attached hydrogens (tertiary/aromatic N) is 4. The Morgan fingerprint density at radius 3 is 2.30 bits per heavy atom. The second-order valence-electron chi connectivity index (χ2n) is 14.6. The molecule has 2 aromatic rings. The average Bonchev–Trinajstić information content (AvgIpc) is 3.75. The maximum absolute atomic E-state index is 15.0. The van der Waals surface area contributed by atoms with Crippen molar-refractivity contribution in [3.63, 3.8) is 0 Å². The van der Waals surface area contributed by atoms with Crippen LogP contribution < -0.4 is 4.74 Å². The van der Waals surface area contributed by atoms with E-state index in [4.69, 9.17) is 14.2 Å². The van der Waals surface area contributed by atoms with Gasteiger partial charge in [-0.2, -0.15) is 4.39 Å². The molecule has 2 aliphatic rings. The molecular weight excluding hydrogens is 613 g/mol. The van der Waals surface area contributed by atoms with Crippen molar-refractivity contribution in [3.8, 4) is 5.75 Å². The summed E-state index contributed by atoms with van der Waals surface area (Å²) >= 11 is 0. The second-order valence-corrected chi connectivity index (χ2v) is 14.6. The van der Waals surface area contributed by atoms with Crippen molar-refractivity contribution < 1.29 is 37.0 Å². The van der Waals surface area contributed by atoms with Gasteiger partial charge in [-0.05, 0) is 111 Å². The van der Waals surface area contributed by atoms with Gasteiger partial charge in [-0.1, -0.05) is 0 Å². The Morgan fingerprint density at radius 1 is 1.00 bits per heavy atom. The van der Waals surface area contributed by atoms with Gasteiger partial charge in [0.05, 0.1) is 0 Å². The molecule has 1 saturated heterocycles. The summed E-state index contributed by atoms with van der Waals surface area (Å²) in [5, 5.41) is 0. The fraction of sp³-hybridized carbons (Fsp3) is 0.629. The molecule has 0 spiro atoms. The third-order valence-corrected chi connectivity index (χ3v) is 8.27. The smallest absolute Gasteiger partial charge is 0.410 e. The highest BCUT2D eigenvalue weighted by molar-refractivity contribution is 5.70. The summed E-state index contributed by atoms with van der Waals surface area (Å²) in [6.45, 7) is 14.3. The van der Waals surface area contributed by atoms with Crippen molar-refractivity contribution >= 4 is 12.2 Å². The SMILES string of the molecule is CN(CCCN1CCC(CN(C(=O)OC(C)(C)C)[C@@H]2C[C@H]2c2cc(F)cc(F)c2OCc2cccnc2F)CC1)C(=O)OC(C)(C)C. The maximum Gasteiger partial charge on any atom is 0.410 e. The van der Waals surface area contributed by atoms with Gasteiger partial charge in [0.25, 0.3) is 0 Å². The lowest BCUT2D eigenvalue weighted by molar-refractivity contribution is 0.0166. The molecule has 2 heterocycles. The van der Waals surface area contributed by atoms with Crippen LogP contribution in [-0.4, -0.2) is 88.9 Å². The molecule has 0 N–H and O–H groups in total. The van der Waals surface area contributed by atoms with Crippen molar-refractivity contribution in [1.82, 2.24) is 19.7 Å². The normalized spacial score (nSPS) is 18.9. The summed E-state index contributed by atoms with van der Waals surface area (Å²) in [4.78, 5) is 35.0. The first-order valence-corrected chi connectivity index (χ1v) is 16.4. The summed E-state index contributed by atoms with van der Waals surface area (Å²) in [5.74, 6) is -2.67. The number of piperidine rings is 1. The van der Waals surface area contributed by atoms with Crippen LogP contribution in [0.4, 0.5) is 22.8 Å². The molecule has 0 bridgehead atoms. The number of hydrogen-bond acceptors (Lipinski definition) is 7. The third kappa shape index (κ3) is 10.7.